The number of benzene rings is 1. The Morgan fingerprint density at radius 1 is 1.12 bits per heavy atom. The highest BCUT2D eigenvalue weighted by Crippen LogP contribution is 2.53. The smallest absolute Gasteiger partial charge is 0.245 e. The maximum Gasteiger partial charge on any atom is 0.245 e. The van der Waals surface area contributed by atoms with Gasteiger partial charge in [0.1, 0.15) is 6.04 Å². The van der Waals surface area contributed by atoms with Crippen molar-refractivity contribution < 1.29 is 14.4 Å². The molecule has 176 valence electrons. The van der Waals surface area contributed by atoms with Crippen molar-refractivity contribution in [2.75, 3.05) is 45.1 Å². The van der Waals surface area contributed by atoms with Gasteiger partial charge in [-0.25, -0.2) is 0 Å². The summed E-state index contributed by atoms with van der Waals surface area (Å²) >= 11 is 11.4. The van der Waals surface area contributed by atoms with Crippen molar-refractivity contribution >= 4 is 47.1 Å². The Balaban J connectivity index is 0.000000243. The zero-order valence-corrected chi connectivity index (χ0v) is 20.3. The first kappa shape index (κ1) is 24.6. The standard InChI is InChI=1S/C16H25N3O3.C7H7Cl2N/c1-13-15(22)18(10-11-19(13)12-20)7-2-14(21)17-8-5-16(3-4-16)6-9-17;1-10-5-2-3-6(8)7(9)4-5/h12-13H,2-11H2,1H3;2-4,10H,1H3. The van der Waals surface area contributed by atoms with Gasteiger partial charge in [0.25, 0.3) is 0 Å². The second kappa shape index (κ2) is 10.8. The molecular weight excluding hydrogens is 451 g/mol. The molecule has 2 saturated heterocycles. The van der Waals surface area contributed by atoms with E-state index in [1.54, 1.807) is 24.0 Å². The van der Waals surface area contributed by atoms with Crippen molar-refractivity contribution in [2.45, 2.75) is 45.1 Å². The van der Waals surface area contributed by atoms with Gasteiger partial charge in [0.2, 0.25) is 18.2 Å². The highest BCUT2D eigenvalue weighted by atomic mass is 35.5. The van der Waals surface area contributed by atoms with Crippen LogP contribution in [0.15, 0.2) is 18.2 Å². The summed E-state index contributed by atoms with van der Waals surface area (Å²) in [6.07, 6.45) is 6.09. The fraction of sp³-hybridized carbons (Fsp3) is 0.609. The number of hydrogen-bond acceptors (Lipinski definition) is 4. The molecule has 1 aliphatic carbocycles. The van der Waals surface area contributed by atoms with E-state index in [-0.39, 0.29) is 11.8 Å². The molecule has 1 N–H and O–H groups in total. The van der Waals surface area contributed by atoms with E-state index < -0.39 is 6.04 Å². The summed E-state index contributed by atoms with van der Waals surface area (Å²) in [5.74, 6) is 0.107. The first-order valence-corrected chi connectivity index (χ1v) is 11.9. The molecule has 1 aromatic carbocycles. The number of piperidine rings is 1. The molecule has 2 aliphatic heterocycles. The lowest BCUT2D eigenvalue weighted by Gasteiger charge is -2.37. The zero-order valence-electron chi connectivity index (χ0n) is 18.8. The number of likely N-dealkylation sites (tertiary alicyclic amines) is 1. The second-order valence-corrected chi connectivity index (χ2v) is 9.67. The molecule has 1 aromatic rings. The lowest BCUT2D eigenvalue weighted by atomic mass is 9.93. The van der Waals surface area contributed by atoms with Crippen molar-refractivity contribution in [3.8, 4) is 0 Å². The molecule has 3 fully saturated rings. The molecule has 0 bridgehead atoms. The van der Waals surface area contributed by atoms with Gasteiger partial charge in [-0.1, -0.05) is 23.2 Å². The van der Waals surface area contributed by atoms with Crippen LogP contribution in [0, 0.1) is 5.41 Å². The monoisotopic (exact) mass is 482 g/mol. The molecule has 1 unspecified atom stereocenters. The van der Waals surface area contributed by atoms with E-state index in [0.29, 0.717) is 41.5 Å². The summed E-state index contributed by atoms with van der Waals surface area (Å²) in [6, 6.07) is 5.00. The van der Waals surface area contributed by atoms with Crippen molar-refractivity contribution in [3.63, 3.8) is 0 Å². The maximum absolute atomic E-state index is 12.3. The van der Waals surface area contributed by atoms with Crippen molar-refractivity contribution in [3.05, 3.63) is 28.2 Å². The highest BCUT2D eigenvalue weighted by molar-refractivity contribution is 6.42. The average molecular weight is 483 g/mol. The molecule has 3 aliphatic rings. The molecule has 3 amide bonds. The summed E-state index contributed by atoms with van der Waals surface area (Å²) < 4.78 is 0. The van der Waals surface area contributed by atoms with Crippen LogP contribution >= 0.6 is 23.2 Å². The van der Waals surface area contributed by atoms with E-state index in [2.05, 4.69) is 5.32 Å². The second-order valence-electron chi connectivity index (χ2n) is 8.85. The minimum atomic E-state index is -0.411. The molecule has 0 radical (unpaired) electrons. The van der Waals surface area contributed by atoms with Gasteiger partial charge in [-0.3, -0.25) is 14.4 Å². The average Bonchev–Trinajstić information content (AvgIpc) is 3.56. The third-order valence-electron chi connectivity index (χ3n) is 6.87. The first-order valence-electron chi connectivity index (χ1n) is 11.2. The number of hydrogen-bond donors (Lipinski definition) is 1. The van der Waals surface area contributed by atoms with E-state index in [9.17, 15) is 14.4 Å². The fourth-order valence-electron chi connectivity index (χ4n) is 4.26. The van der Waals surface area contributed by atoms with Crippen molar-refractivity contribution in [2.24, 2.45) is 5.41 Å². The van der Waals surface area contributed by atoms with Crippen LogP contribution in [0.5, 0.6) is 0 Å². The Morgan fingerprint density at radius 3 is 2.38 bits per heavy atom. The normalized spacial score (nSPS) is 21.7. The van der Waals surface area contributed by atoms with E-state index >= 15 is 0 Å². The zero-order chi connectivity index (χ0) is 23.3. The van der Waals surface area contributed by atoms with Gasteiger partial charge in [-0.15, -0.1) is 0 Å². The Morgan fingerprint density at radius 2 is 1.81 bits per heavy atom. The molecule has 4 rings (SSSR count). The molecule has 1 spiro atoms. The van der Waals surface area contributed by atoms with Crippen LogP contribution in [0.1, 0.15) is 39.0 Å². The minimum absolute atomic E-state index is 0.0540. The van der Waals surface area contributed by atoms with Gasteiger partial charge in [0, 0.05) is 51.9 Å². The summed E-state index contributed by atoms with van der Waals surface area (Å²) in [5.41, 5.74) is 1.54. The SMILES string of the molecule is CC1C(=O)N(CCC(=O)N2CCC3(CC2)CC3)CCN1C=O.CNc1ccc(Cl)c(Cl)c1. The fourth-order valence-corrected chi connectivity index (χ4v) is 4.56. The number of carbonyl (C=O) groups excluding carboxylic acids is 3. The predicted octanol–water partition coefficient (Wildman–Crippen LogP) is 3.50. The van der Waals surface area contributed by atoms with Gasteiger partial charge in [0.15, 0.2) is 0 Å². The number of anilines is 1. The molecule has 0 aromatic heterocycles. The predicted molar refractivity (Wildman–Crippen MR) is 127 cm³/mol. The van der Waals surface area contributed by atoms with Crippen LogP contribution < -0.4 is 5.32 Å². The number of amides is 3. The van der Waals surface area contributed by atoms with Crippen LogP contribution in [0.3, 0.4) is 0 Å². The van der Waals surface area contributed by atoms with E-state index in [0.717, 1.165) is 38.0 Å². The largest absolute Gasteiger partial charge is 0.388 e. The molecule has 1 atom stereocenters. The lowest BCUT2D eigenvalue weighted by molar-refractivity contribution is -0.146. The molecule has 1 saturated carbocycles. The van der Waals surface area contributed by atoms with Crippen molar-refractivity contribution in [1.82, 2.24) is 14.7 Å². The van der Waals surface area contributed by atoms with Crippen molar-refractivity contribution in [1.29, 1.82) is 0 Å². The Bertz CT molecular complexity index is 837. The third kappa shape index (κ3) is 6.07. The van der Waals surface area contributed by atoms with Gasteiger partial charge in [0.05, 0.1) is 10.0 Å². The van der Waals surface area contributed by atoms with E-state index in [1.165, 1.54) is 17.7 Å². The minimum Gasteiger partial charge on any atom is -0.388 e. The quantitative estimate of drug-likeness (QED) is 0.651. The van der Waals surface area contributed by atoms with Gasteiger partial charge in [-0.2, -0.15) is 0 Å². The maximum atomic E-state index is 12.3. The molecule has 9 heteroatoms. The highest BCUT2D eigenvalue weighted by Gasteiger charge is 2.45. The molecule has 32 heavy (non-hydrogen) atoms. The first-order chi connectivity index (χ1) is 15.3. The number of halogens is 2. The van der Waals surface area contributed by atoms with Gasteiger partial charge < -0.3 is 20.0 Å². The number of piperazine rings is 1. The van der Waals surface area contributed by atoms with Crippen LogP contribution in [0.4, 0.5) is 5.69 Å². The van der Waals surface area contributed by atoms with E-state index in [1.807, 2.05) is 18.0 Å². The molecule has 2 heterocycles. The molecule has 7 nitrogen and oxygen atoms in total. The molecular formula is C23H32Cl2N4O3. The van der Waals surface area contributed by atoms with Crippen LogP contribution in [0.2, 0.25) is 10.0 Å². The lowest BCUT2D eigenvalue weighted by Crippen LogP contribution is -2.55. The number of nitrogens with one attached hydrogen (secondary N) is 1. The number of nitrogens with zero attached hydrogens (tertiary/aromatic N) is 3. The van der Waals surface area contributed by atoms with Gasteiger partial charge >= 0.3 is 0 Å². The Hall–Kier alpha value is -1.99. The Kier molecular flexibility index (Phi) is 8.28. The van der Waals surface area contributed by atoms with Crippen LogP contribution in [-0.4, -0.2) is 78.7 Å². The summed E-state index contributed by atoms with van der Waals surface area (Å²) in [7, 11) is 1.83. The van der Waals surface area contributed by atoms with Crippen LogP contribution in [0.25, 0.3) is 0 Å². The number of carbonyl (C=O) groups is 3. The topological polar surface area (TPSA) is 73.0 Å². The Labute approximate surface area is 200 Å². The summed E-state index contributed by atoms with van der Waals surface area (Å²) in [5, 5.41) is 4.11. The number of rotatable bonds is 5. The summed E-state index contributed by atoms with van der Waals surface area (Å²) in [4.78, 5) is 40.5. The summed E-state index contributed by atoms with van der Waals surface area (Å²) in [6.45, 7) is 5.04. The van der Waals surface area contributed by atoms with E-state index in [4.69, 9.17) is 23.2 Å². The third-order valence-corrected chi connectivity index (χ3v) is 7.61. The van der Waals surface area contributed by atoms with Crippen LogP contribution in [-0.2, 0) is 14.4 Å². The van der Waals surface area contributed by atoms with Gasteiger partial charge in [-0.05, 0) is 56.2 Å².